The molecule has 114 valence electrons. The van der Waals surface area contributed by atoms with Crippen LogP contribution in [0.2, 0.25) is 0 Å². The maximum absolute atomic E-state index is 11.1. The average molecular weight is 287 g/mol. The molecule has 0 aromatic heterocycles. The van der Waals surface area contributed by atoms with Gasteiger partial charge in [0.05, 0.1) is 5.56 Å². The van der Waals surface area contributed by atoms with Crippen molar-refractivity contribution in [3.63, 3.8) is 0 Å². The molecule has 0 unspecified atom stereocenters. The molecule has 2 aliphatic rings. The molecule has 1 N–H and O–H groups in total. The molecular weight excluding hydrogens is 262 g/mol. The summed E-state index contributed by atoms with van der Waals surface area (Å²) in [6.45, 7) is 3.26. The highest BCUT2D eigenvalue weighted by molar-refractivity contribution is 5.87. The fraction of sp³-hybridized carbons (Fsp3) is 0.611. The van der Waals surface area contributed by atoms with E-state index in [1.807, 2.05) is 12.1 Å². The summed E-state index contributed by atoms with van der Waals surface area (Å²) >= 11 is 0. The van der Waals surface area contributed by atoms with Crippen LogP contribution in [-0.4, -0.2) is 28.1 Å². The molecular formula is C18H25NO2. The molecule has 0 amide bonds. The Kier molecular flexibility index (Phi) is 4.29. The summed E-state index contributed by atoms with van der Waals surface area (Å²) in [5.41, 5.74) is 1.54. The molecule has 3 heteroatoms. The first-order valence-corrected chi connectivity index (χ1v) is 8.21. The van der Waals surface area contributed by atoms with Crippen LogP contribution in [0, 0.1) is 5.92 Å². The van der Waals surface area contributed by atoms with E-state index in [9.17, 15) is 4.79 Å². The van der Waals surface area contributed by atoms with Crippen molar-refractivity contribution in [2.24, 2.45) is 5.92 Å². The fourth-order valence-electron chi connectivity index (χ4n) is 3.55. The third-order valence-electron chi connectivity index (χ3n) is 5.01. The van der Waals surface area contributed by atoms with E-state index >= 15 is 0 Å². The molecule has 0 spiro atoms. The van der Waals surface area contributed by atoms with Crippen molar-refractivity contribution in [2.75, 3.05) is 0 Å². The van der Waals surface area contributed by atoms with E-state index in [-0.39, 0.29) is 0 Å². The third-order valence-corrected chi connectivity index (χ3v) is 5.01. The number of carboxylic acid groups (broad SMARTS) is 1. The molecule has 3 rings (SSSR count). The van der Waals surface area contributed by atoms with Crippen molar-refractivity contribution in [1.82, 2.24) is 4.90 Å². The Morgan fingerprint density at radius 2 is 1.76 bits per heavy atom. The maximum atomic E-state index is 11.1. The highest BCUT2D eigenvalue weighted by Gasteiger charge is 2.35. The number of hydrogen-bond acceptors (Lipinski definition) is 2. The quantitative estimate of drug-likeness (QED) is 0.892. The molecule has 2 saturated carbocycles. The van der Waals surface area contributed by atoms with Gasteiger partial charge in [0.2, 0.25) is 0 Å². The SMILES string of the molecule is CC1CCC(N(Cc2cccc(C(=O)O)c2)C2CC2)CC1. The van der Waals surface area contributed by atoms with E-state index in [0.717, 1.165) is 24.1 Å². The molecule has 1 aromatic carbocycles. The van der Waals surface area contributed by atoms with Crippen molar-refractivity contribution in [3.05, 3.63) is 35.4 Å². The van der Waals surface area contributed by atoms with Crippen LogP contribution in [0.15, 0.2) is 24.3 Å². The first-order chi connectivity index (χ1) is 10.1. The second kappa shape index (κ2) is 6.18. The van der Waals surface area contributed by atoms with Crippen molar-refractivity contribution in [1.29, 1.82) is 0 Å². The zero-order chi connectivity index (χ0) is 14.8. The minimum absolute atomic E-state index is 0.403. The third kappa shape index (κ3) is 3.65. The van der Waals surface area contributed by atoms with Gasteiger partial charge in [0, 0.05) is 18.6 Å². The Morgan fingerprint density at radius 1 is 1.14 bits per heavy atom. The van der Waals surface area contributed by atoms with E-state index in [1.165, 1.54) is 38.5 Å². The van der Waals surface area contributed by atoms with Gasteiger partial charge in [-0.25, -0.2) is 4.79 Å². The number of rotatable bonds is 5. The average Bonchev–Trinajstić information content (AvgIpc) is 3.31. The van der Waals surface area contributed by atoms with E-state index in [2.05, 4.69) is 17.9 Å². The van der Waals surface area contributed by atoms with Crippen LogP contribution in [0.5, 0.6) is 0 Å². The topological polar surface area (TPSA) is 40.5 Å². The van der Waals surface area contributed by atoms with Gasteiger partial charge in [0.15, 0.2) is 0 Å². The van der Waals surface area contributed by atoms with E-state index < -0.39 is 5.97 Å². The van der Waals surface area contributed by atoms with Gasteiger partial charge in [-0.15, -0.1) is 0 Å². The normalized spacial score (nSPS) is 26.0. The highest BCUT2D eigenvalue weighted by atomic mass is 16.4. The lowest BCUT2D eigenvalue weighted by atomic mass is 9.86. The van der Waals surface area contributed by atoms with Crippen LogP contribution in [0.4, 0.5) is 0 Å². The summed E-state index contributed by atoms with van der Waals surface area (Å²) in [5.74, 6) is 0.0407. The Labute approximate surface area is 127 Å². The molecule has 0 radical (unpaired) electrons. The van der Waals surface area contributed by atoms with Crippen LogP contribution in [0.1, 0.15) is 61.4 Å². The lowest BCUT2D eigenvalue weighted by Gasteiger charge is -2.36. The molecule has 2 fully saturated rings. The second-order valence-corrected chi connectivity index (χ2v) is 6.82. The number of carboxylic acids is 1. The van der Waals surface area contributed by atoms with Crippen molar-refractivity contribution in [2.45, 2.75) is 64.1 Å². The largest absolute Gasteiger partial charge is 0.478 e. The van der Waals surface area contributed by atoms with Gasteiger partial charge < -0.3 is 5.11 Å². The van der Waals surface area contributed by atoms with Gasteiger partial charge in [-0.05, 0) is 62.1 Å². The summed E-state index contributed by atoms with van der Waals surface area (Å²) in [6.07, 6.45) is 7.90. The number of benzene rings is 1. The molecule has 0 saturated heterocycles. The van der Waals surface area contributed by atoms with E-state index in [1.54, 1.807) is 6.07 Å². The van der Waals surface area contributed by atoms with Crippen LogP contribution >= 0.6 is 0 Å². The zero-order valence-electron chi connectivity index (χ0n) is 12.8. The van der Waals surface area contributed by atoms with Crippen molar-refractivity contribution >= 4 is 5.97 Å². The molecule has 0 heterocycles. The molecule has 3 nitrogen and oxygen atoms in total. The summed E-state index contributed by atoms with van der Waals surface area (Å²) in [4.78, 5) is 13.8. The molecule has 0 bridgehead atoms. The van der Waals surface area contributed by atoms with Gasteiger partial charge in [-0.2, -0.15) is 0 Å². The maximum Gasteiger partial charge on any atom is 0.335 e. The summed E-state index contributed by atoms with van der Waals surface area (Å²) < 4.78 is 0. The summed E-state index contributed by atoms with van der Waals surface area (Å²) in [5, 5.41) is 9.13. The first-order valence-electron chi connectivity index (χ1n) is 8.21. The van der Waals surface area contributed by atoms with Crippen LogP contribution < -0.4 is 0 Å². The van der Waals surface area contributed by atoms with E-state index in [4.69, 9.17) is 5.11 Å². The molecule has 2 aliphatic carbocycles. The number of hydrogen-bond donors (Lipinski definition) is 1. The van der Waals surface area contributed by atoms with Crippen molar-refractivity contribution in [3.8, 4) is 0 Å². The summed E-state index contributed by atoms with van der Waals surface area (Å²) in [7, 11) is 0. The Bertz CT molecular complexity index is 502. The first kappa shape index (κ1) is 14.6. The minimum Gasteiger partial charge on any atom is -0.478 e. The lowest BCUT2D eigenvalue weighted by molar-refractivity contribution is 0.0696. The molecule has 0 aliphatic heterocycles. The Hall–Kier alpha value is -1.35. The van der Waals surface area contributed by atoms with Crippen LogP contribution in [0.25, 0.3) is 0 Å². The standard InChI is InChI=1S/C18H25NO2/c1-13-5-7-16(8-6-13)19(17-9-10-17)12-14-3-2-4-15(11-14)18(20)21/h2-4,11,13,16-17H,5-10,12H2,1H3,(H,20,21). The molecule has 21 heavy (non-hydrogen) atoms. The summed E-state index contributed by atoms with van der Waals surface area (Å²) in [6, 6.07) is 8.87. The number of nitrogens with zero attached hydrogens (tertiary/aromatic N) is 1. The predicted molar refractivity (Wildman–Crippen MR) is 83.4 cm³/mol. The van der Waals surface area contributed by atoms with Gasteiger partial charge in [-0.1, -0.05) is 19.1 Å². The fourth-order valence-corrected chi connectivity index (χ4v) is 3.55. The number of aromatic carboxylic acids is 1. The van der Waals surface area contributed by atoms with E-state index in [0.29, 0.717) is 11.6 Å². The Morgan fingerprint density at radius 3 is 2.33 bits per heavy atom. The van der Waals surface area contributed by atoms with Gasteiger partial charge in [0.1, 0.15) is 0 Å². The van der Waals surface area contributed by atoms with Crippen molar-refractivity contribution < 1.29 is 9.90 Å². The molecule has 1 aromatic rings. The smallest absolute Gasteiger partial charge is 0.335 e. The monoisotopic (exact) mass is 287 g/mol. The number of carbonyl (C=O) groups is 1. The van der Waals surface area contributed by atoms with Gasteiger partial charge >= 0.3 is 5.97 Å². The van der Waals surface area contributed by atoms with Gasteiger partial charge in [0.25, 0.3) is 0 Å². The Balaban J connectivity index is 1.70. The molecule has 0 atom stereocenters. The van der Waals surface area contributed by atoms with Gasteiger partial charge in [-0.3, -0.25) is 4.90 Å². The second-order valence-electron chi connectivity index (χ2n) is 6.82. The van der Waals surface area contributed by atoms with Crippen LogP contribution in [0.3, 0.4) is 0 Å². The highest BCUT2D eigenvalue weighted by Crippen LogP contribution is 2.36. The predicted octanol–water partition coefficient (Wildman–Crippen LogP) is 3.93. The minimum atomic E-state index is -0.832. The van der Waals surface area contributed by atoms with Crippen LogP contribution in [-0.2, 0) is 6.54 Å². The lowest BCUT2D eigenvalue weighted by Crippen LogP contribution is -2.39. The zero-order valence-corrected chi connectivity index (χ0v) is 12.8.